The molecule has 0 amide bonds. The Balaban J connectivity index is 1.91. The van der Waals surface area contributed by atoms with Gasteiger partial charge in [-0.2, -0.15) is 9.61 Å². The molecule has 1 aliphatic heterocycles. The number of nitrogens with zero attached hydrogens (tertiary/aromatic N) is 3. The number of aromatic nitrogens is 3. The monoisotopic (exact) mass is 260 g/mol. The van der Waals surface area contributed by atoms with Crippen LogP contribution in [0.15, 0.2) is 6.07 Å². The molecule has 0 aliphatic carbocycles. The highest BCUT2D eigenvalue weighted by molar-refractivity contribution is 5.55. The molecule has 1 aliphatic rings. The topological polar surface area (TPSA) is 51.5 Å². The molecular weight excluding hydrogens is 240 g/mol. The van der Waals surface area contributed by atoms with Crippen LogP contribution in [0.5, 0.6) is 0 Å². The van der Waals surface area contributed by atoms with Crippen LogP contribution in [0.25, 0.3) is 5.65 Å². The van der Waals surface area contributed by atoms with E-state index in [0.29, 0.717) is 6.10 Å². The van der Waals surface area contributed by atoms with E-state index in [1.165, 1.54) is 0 Å². The first-order valence-corrected chi connectivity index (χ1v) is 6.84. The van der Waals surface area contributed by atoms with Crippen LogP contribution in [0.1, 0.15) is 29.8 Å². The Morgan fingerprint density at radius 2 is 2.26 bits per heavy atom. The third-order valence-electron chi connectivity index (χ3n) is 3.72. The fraction of sp³-hybridized carbons (Fsp3) is 0.571. The molecule has 1 atom stereocenters. The Morgan fingerprint density at radius 3 is 3.00 bits per heavy atom. The second-order valence-electron chi connectivity index (χ2n) is 5.24. The quantitative estimate of drug-likeness (QED) is 0.919. The molecule has 2 aromatic rings. The van der Waals surface area contributed by atoms with Gasteiger partial charge in [0.15, 0.2) is 5.65 Å². The van der Waals surface area contributed by atoms with Gasteiger partial charge in [0, 0.05) is 30.5 Å². The molecule has 19 heavy (non-hydrogen) atoms. The molecule has 3 heterocycles. The lowest BCUT2D eigenvalue weighted by Gasteiger charge is -2.13. The minimum absolute atomic E-state index is 0.321. The van der Waals surface area contributed by atoms with Gasteiger partial charge in [-0.25, -0.2) is 4.98 Å². The van der Waals surface area contributed by atoms with Crippen LogP contribution in [0, 0.1) is 20.8 Å². The van der Waals surface area contributed by atoms with Crippen molar-refractivity contribution >= 4 is 11.5 Å². The van der Waals surface area contributed by atoms with Crippen molar-refractivity contribution in [3.8, 4) is 0 Å². The van der Waals surface area contributed by atoms with Gasteiger partial charge < -0.3 is 10.1 Å². The van der Waals surface area contributed by atoms with Crippen LogP contribution in [0.2, 0.25) is 0 Å². The molecule has 3 rings (SSSR count). The Labute approximate surface area is 113 Å². The van der Waals surface area contributed by atoms with Crippen LogP contribution in [-0.2, 0) is 4.74 Å². The summed E-state index contributed by atoms with van der Waals surface area (Å²) in [4.78, 5) is 4.57. The van der Waals surface area contributed by atoms with Crippen molar-refractivity contribution < 1.29 is 4.74 Å². The van der Waals surface area contributed by atoms with Gasteiger partial charge in [0.05, 0.1) is 11.8 Å². The van der Waals surface area contributed by atoms with Gasteiger partial charge >= 0.3 is 0 Å². The largest absolute Gasteiger partial charge is 0.376 e. The van der Waals surface area contributed by atoms with Crippen LogP contribution >= 0.6 is 0 Å². The molecule has 5 heteroatoms. The first-order chi connectivity index (χ1) is 9.15. The predicted molar refractivity (Wildman–Crippen MR) is 74.7 cm³/mol. The highest BCUT2D eigenvalue weighted by Gasteiger charge is 2.16. The second kappa shape index (κ2) is 4.81. The lowest BCUT2D eigenvalue weighted by molar-refractivity contribution is 0.120. The fourth-order valence-corrected chi connectivity index (χ4v) is 2.50. The normalized spacial score (nSPS) is 19.2. The average Bonchev–Trinajstić information content (AvgIpc) is 2.98. The summed E-state index contributed by atoms with van der Waals surface area (Å²) in [5, 5.41) is 8.00. The van der Waals surface area contributed by atoms with Crippen molar-refractivity contribution in [3.63, 3.8) is 0 Å². The lowest BCUT2D eigenvalue weighted by Crippen LogP contribution is -2.20. The molecule has 0 spiro atoms. The molecular formula is C14H20N4O. The molecule has 0 bridgehead atoms. The van der Waals surface area contributed by atoms with E-state index in [-0.39, 0.29) is 0 Å². The number of hydrogen-bond acceptors (Lipinski definition) is 4. The number of aryl methyl sites for hydroxylation is 3. The molecule has 0 aromatic carbocycles. The number of anilines is 1. The van der Waals surface area contributed by atoms with Crippen LogP contribution in [0.3, 0.4) is 0 Å². The standard InChI is InChI=1S/C14H20N4O/c1-9-7-13(15-8-12-5-4-6-19-12)18-14(16-9)10(2)11(3)17-18/h7,12,15H,4-6,8H2,1-3H3. The molecule has 2 aromatic heterocycles. The highest BCUT2D eigenvalue weighted by Crippen LogP contribution is 2.19. The van der Waals surface area contributed by atoms with Crippen molar-refractivity contribution in [2.45, 2.75) is 39.7 Å². The molecule has 1 N–H and O–H groups in total. The zero-order chi connectivity index (χ0) is 13.4. The predicted octanol–water partition coefficient (Wildman–Crippen LogP) is 2.25. The summed E-state index contributed by atoms with van der Waals surface area (Å²) in [5.41, 5.74) is 4.11. The molecule has 102 valence electrons. The van der Waals surface area contributed by atoms with Gasteiger partial charge in [0.1, 0.15) is 5.82 Å². The zero-order valence-electron chi connectivity index (χ0n) is 11.7. The Kier molecular flexibility index (Phi) is 3.14. The molecule has 1 fully saturated rings. The van der Waals surface area contributed by atoms with Gasteiger partial charge in [-0.15, -0.1) is 0 Å². The molecule has 0 radical (unpaired) electrons. The summed E-state index contributed by atoms with van der Waals surface area (Å²) in [7, 11) is 0. The van der Waals surface area contributed by atoms with E-state index in [1.807, 2.05) is 24.4 Å². The minimum Gasteiger partial charge on any atom is -0.376 e. The van der Waals surface area contributed by atoms with Crippen LogP contribution in [0.4, 0.5) is 5.82 Å². The van der Waals surface area contributed by atoms with Crippen LogP contribution in [-0.4, -0.2) is 33.9 Å². The molecule has 0 saturated carbocycles. The van der Waals surface area contributed by atoms with Gasteiger partial charge in [-0.3, -0.25) is 0 Å². The van der Waals surface area contributed by atoms with Gasteiger partial charge in [0.25, 0.3) is 0 Å². The Bertz CT molecular complexity index is 599. The molecule has 1 saturated heterocycles. The Hall–Kier alpha value is -1.62. The number of ether oxygens (including phenoxy) is 1. The van der Waals surface area contributed by atoms with E-state index >= 15 is 0 Å². The fourth-order valence-electron chi connectivity index (χ4n) is 2.50. The average molecular weight is 260 g/mol. The first kappa shape index (κ1) is 12.4. The van der Waals surface area contributed by atoms with Gasteiger partial charge in [-0.1, -0.05) is 0 Å². The third kappa shape index (κ3) is 2.30. The van der Waals surface area contributed by atoms with Gasteiger partial charge in [0.2, 0.25) is 0 Å². The van der Waals surface area contributed by atoms with Crippen molar-refractivity contribution in [3.05, 3.63) is 23.0 Å². The Morgan fingerprint density at radius 1 is 1.42 bits per heavy atom. The van der Waals surface area contributed by atoms with E-state index in [2.05, 4.69) is 22.3 Å². The first-order valence-electron chi connectivity index (χ1n) is 6.84. The zero-order valence-corrected chi connectivity index (χ0v) is 11.7. The molecule has 5 nitrogen and oxygen atoms in total. The van der Waals surface area contributed by atoms with E-state index in [0.717, 1.165) is 54.4 Å². The third-order valence-corrected chi connectivity index (χ3v) is 3.72. The summed E-state index contributed by atoms with van der Waals surface area (Å²) < 4.78 is 7.53. The van der Waals surface area contributed by atoms with Crippen molar-refractivity contribution in [1.82, 2.24) is 14.6 Å². The van der Waals surface area contributed by atoms with Crippen molar-refractivity contribution in [2.24, 2.45) is 0 Å². The minimum atomic E-state index is 0.321. The van der Waals surface area contributed by atoms with Crippen LogP contribution < -0.4 is 5.32 Å². The molecule has 1 unspecified atom stereocenters. The maximum atomic E-state index is 5.64. The van der Waals surface area contributed by atoms with E-state index in [9.17, 15) is 0 Å². The maximum Gasteiger partial charge on any atom is 0.160 e. The number of rotatable bonds is 3. The van der Waals surface area contributed by atoms with Crippen molar-refractivity contribution in [2.75, 3.05) is 18.5 Å². The summed E-state index contributed by atoms with van der Waals surface area (Å²) in [6.07, 6.45) is 2.62. The van der Waals surface area contributed by atoms with E-state index in [4.69, 9.17) is 4.74 Å². The highest BCUT2D eigenvalue weighted by atomic mass is 16.5. The second-order valence-corrected chi connectivity index (χ2v) is 5.24. The SMILES string of the molecule is Cc1cc(NCC2CCCO2)n2nc(C)c(C)c2n1. The van der Waals surface area contributed by atoms with Gasteiger partial charge in [-0.05, 0) is 33.6 Å². The van der Waals surface area contributed by atoms with Crippen molar-refractivity contribution in [1.29, 1.82) is 0 Å². The smallest absolute Gasteiger partial charge is 0.160 e. The van der Waals surface area contributed by atoms with E-state index in [1.54, 1.807) is 0 Å². The summed E-state index contributed by atoms with van der Waals surface area (Å²) in [5.74, 6) is 0.995. The lowest BCUT2D eigenvalue weighted by atomic mass is 10.2. The number of nitrogens with one attached hydrogen (secondary N) is 1. The summed E-state index contributed by atoms with van der Waals surface area (Å²) in [6.45, 7) is 7.81. The number of fused-ring (bicyclic) bond motifs is 1. The number of hydrogen-bond donors (Lipinski definition) is 1. The summed E-state index contributed by atoms with van der Waals surface area (Å²) >= 11 is 0. The maximum absolute atomic E-state index is 5.64. The van der Waals surface area contributed by atoms with E-state index < -0.39 is 0 Å². The summed E-state index contributed by atoms with van der Waals surface area (Å²) in [6, 6.07) is 2.04.